The lowest BCUT2D eigenvalue weighted by Gasteiger charge is -2.23. The Bertz CT molecular complexity index is 481. The van der Waals surface area contributed by atoms with Gasteiger partial charge in [0.1, 0.15) is 11.9 Å². The molecule has 0 aliphatic heterocycles. The highest BCUT2D eigenvalue weighted by Crippen LogP contribution is 2.30. The average Bonchev–Trinajstić information content (AvgIpc) is 2.26. The third-order valence-electron chi connectivity index (χ3n) is 2.26. The van der Waals surface area contributed by atoms with Crippen molar-refractivity contribution in [2.24, 2.45) is 0 Å². The quantitative estimate of drug-likeness (QED) is 0.862. The molecule has 0 bridgehead atoms. The van der Waals surface area contributed by atoms with Crippen LogP contribution in [0.4, 0.5) is 4.79 Å². The van der Waals surface area contributed by atoms with Crippen LogP contribution in [0.15, 0.2) is 12.4 Å². The number of amides is 1. The first-order valence-corrected chi connectivity index (χ1v) is 6.72. The molecular weight excluding hydrogens is 303 g/mol. The highest BCUT2D eigenvalue weighted by molar-refractivity contribution is 6.35. The van der Waals surface area contributed by atoms with E-state index in [0.29, 0.717) is 11.8 Å². The second-order valence-corrected chi connectivity index (χ2v) is 5.93. The molecule has 110 valence electrons. The number of rotatable bonds is 4. The fraction of sp³-hybridized carbons (Fsp3) is 0.462. The van der Waals surface area contributed by atoms with Crippen molar-refractivity contribution in [3.05, 3.63) is 28.0 Å². The van der Waals surface area contributed by atoms with Crippen LogP contribution in [0.2, 0.25) is 10.0 Å². The molecule has 0 spiro atoms. The van der Waals surface area contributed by atoms with E-state index in [1.807, 2.05) is 0 Å². The van der Waals surface area contributed by atoms with Gasteiger partial charge in [0.2, 0.25) is 0 Å². The first-order valence-electron chi connectivity index (χ1n) is 5.96. The minimum absolute atomic E-state index is 0.0305. The molecule has 1 N–H and O–H groups in total. The van der Waals surface area contributed by atoms with E-state index in [2.05, 4.69) is 10.3 Å². The highest BCUT2D eigenvalue weighted by atomic mass is 35.5. The largest absolute Gasteiger partial charge is 0.444 e. The molecule has 0 aliphatic rings. The Morgan fingerprint density at radius 1 is 1.40 bits per heavy atom. The minimum atomic E-state index is -0.662. The zero-order valence-corrected chi connectivity index (χ0v) is 13.0. The van der Waals surface area contributed by atoms with Gasteiger partial charge in [-0.2, -0.15) is 0 Å². The normalized spacial score (nSPS) is 12.7. The van der Waals surface area contributed by atoms with Crippen molar-refractivity contribution in [2.75, 3.05) is 0 Å². The summed E-state index contributed by atoms with van der Waals surface area (Å²) >= 11 is 12.0. The van der Waals surface area contributed by atoms with Crippen molar-refractivity contribution >= 4 is 35.6 Å². The first-order chi connectivity index (χ1) is 9.24. The average molecular weight is 319 g/mol. The molecule has 1 heterocycles. The molecule has 1 aromatic rings. The lowest BCUT2D eigenvalue weighted by atomic mass is 10.1. The number of alkyl carbamates (subject to hydrolysis) is 1. The Kier molecular flexibility index (Phi) is 5.77. The van der Waals surface area contributed by atoms with E-state index in [9.17, 15) is 9.59 Å². The summed E-state index contributed by atoms with van der Waals surface area (Å²) in [5, 5.41) is 3.14. The second-order valence-electron chi connectivity index (χ2n) is 5.12. The number of aromatic nitrogens is 1. The SMILES string of the molecule is CC(C)(C)OC(=O)N[C@H](CC=O)c1c(Cl)cncc1Cl. The highest BCUT2D eigenvalue weighted by Gasteiger charge is 2.23. The van der Waals surface area contributed by atoms with Crippen molar-refractivity contribution in [3.8, 4) is 0 Å². The number of nitrogens with zero attached hydrogens (tertiary/aromatic N) is 1. The van der Waals surface area contributed by atoms with Crippen LogP contribution < -0.4 is 5.32 Å². The van der Waals surface area contributed by atoms with Gasteiger partial charge >= 0.3 is 6.09 Å². The summed E-state index contributed by atoms with van der Waals surface area (Å²) in [6, 6.07) is -0.662. The van der Waals surface area contributed by atoms with E-state index >= 15 is 0 Å². The van der Waals surface area contributed by atoms with Crippen molar-refractivity contribution in [1.29, 1.82) is 0 Å². The van der Waals surface area contributed by atoms with E-state index in [-0.39, 0.29) is 16.5 Å². The molecule has 1 atom stereocenters. The van der Waals surface area contributed by atoms with Crippen molar-refractivity contribution in [1.82, 2.24) is 10.3 Å². The number of carbonyl (C=O) groups is 2. The Morgan fingerprint density at radius 2 is 1.95 bits per heavy atom. The van der Waals surface area contributed by atoms with Gasteiger partial charge in [-0.05, 0) is 20.8 Å². The topological polar surface area (TPSA) is 68.3 Å². The molecule has 0 aromatic carbocycles. The smallest absolute Gasteiger partial charge is 0.408 e. The molecule has 0 aliphatic carbocycles. The fourth-order valence-electron chi connectivity index (χ4n) is 1.55. The van der Waals surface area contributed by atoms with E-state index in [1.54, 1.807) is 20.8 Å². The van der Waals surface area contributed by atoms with Gasteiger partial charge in [0.15, 0.2) is 0 Å². The molecule has 20 heavy (non-hydrogen) atoms. The molecule has 0 saturated heterocycles. The molecule has 5 nitrogen and oxygen atoms in total. The summed E-state index contributed by atoms with van der Waals surface area (Å²) in [6.45, 7) is 5.23. The van der Waals surface area contributed by atoms with Crippen molar-refractivity contribution < 1.29 is 14.3 Å². The summed E-state index contributed by atoms with van der Waals surface area (Å²) in [5.74, 6) is 0. The standard InChI is InChI=1S/C13H16Cl2N2O3/c1-13(2,3)20-12(19)17-10(4-5-18)11-8(14)6-16-7-9(11)15/h5-7,10H,4H2,1-3H3,(H,17,19)/t10-/m1/s1. The van der Waals surface area contributed by atoms with Gasteiger partial charge in [-0.1, -0.05) is 23.2 Å². The van der Waals surface area contributed by atoms with E-state index in [0.717, 1.165) is 0 Å². The molecule has 7 heteroatoms. The Morgan fingerprint density at radius 3 is 2.40 bits per heavy atom. The number of nitrogens with one attached hydrogen (secondary N) is 1. The Balaban J connectivity index is 2.95. The Hall–Kier alpha value is -1.33. The Labute approximate surface area is 127 Å². The van der Waals surface area contributed by atoms with Crippen LogP contribution in [0.3, 0.4) is 0 Å². The zero-order chi connectivity index (χ0) is 15.3. The van der Waals surface area contributed by atoms with Crippen molar-refractivity contribution in [3.63, 3.8) is 0 Å². The first kappa shape index (κ1) is 16.7. The third kappa shape index (κ3) is 4.98. The summed E-state index contributed by atoms with van der Waals surface area (Å²) in [7, 11) is 0. The maximum absolute atomic E-state index is 11.8. The van der Waals surface area contributed by atoms with Gasteiger partial charge in [0.25, 0.3) is 0 Å². The number of hydrogen-bond acceptors (Lipinski definition) is 4. The van der Waals surface area contributed by atoms with E-state index in [1.165, 1.54) is 12.4 Å². The van der Waals surface area contributed by atoms with Gasteiger partial charge in [-0.15, -0.1) is 0 Å². The number of pyridine rings is 1. The van der Waals surface area contributed by atoms with Gasteiger partial charge in [0.05, 0.1) is 16.1 Å². The lowest BCUT2D eigenvalue weighted by molar-refractivity contribution is -0.108. The molecule has 0 saturated carbocycles. The number of halogens is 2. The predicted molar refractivity (Wildman–Crippen MR) is 77.0 cm³/mol. The van der Waals surface area contributed by atoms with Crippen LogP contribution >= 0.6 is 23.2 Å². The number of hydrogen-bond donors (Lipinski definition) is 1. The van der Waals surface area contributed by atoms with Gasteiger partial charge < -0.3 is 14.8 Å². The summed E-state index contributed by atoms with van der Waals surface area (Å²) in [4.78, 5) is 26.4. The van der Waals surface area contributed by atoms with Crippen molar-refractivity contribution in [2.45, 2.75) is 38.8 Å². The molecule has 1 rings (SSSR count). The number of ether oxygens (including phenoxy) is 1. The summed E-state index contributed by atoms with van der Waals surface area (Å²) in [5.41, 5.74) is -0.192. The molecular formula is C13H16Cl2N2O3. The number of aldehydes is 1. The summed E-state index contributed by atoms with van der Waals surface area (Å²) in [6.07, 6.45) is 2.86. The van der Waals surface area contributed by atoms with Crippen LogP contribution in [-0.4, -0.2) is 23.0 Å². The molecule has 1 amide bonds. The van der Waals surface area contributed by atoms with Crippen LogP contribution in [0.1, 0.15) is 38.8 Å². The van der Waals surface area contributed by atoms with Gasteiger partial charge in [-0.3, -0.25) is 4.98 Å². The number of carbonyl (C=O) groups excluding carboxylic acids is 2. The summed E-state index contributed by atoms with van der Waals surface area (Å²) < 4.78 is 5.15. The molecule has 0 radical (unpaired) electrons. The van der Waals surface area contributed by atoms with Gasteiger partial charge in [-0.25, -0.2) is 4.79 Å². The van der Waals surface area contributed by atoms with Crippen LogP contribution in [0, 0.1) is 0 Å². The van der Waals surface area contributed by atoms with Crippen LogP contribution in [0.25, 0.3) is 0 Å². The second kappa shape index (κ2) is 6.90. The monoisotopic (exact) mass is 318 g/mol. The van der Waals surface area contributed by atoms with E-state index in [4.69, 9.17) is 27.9 Å². The van der Waals surface area contributed by atoms with Gasteiger partial charge in [0, 0.05) is 24.4 Å². The lowest BCUT2D eigenvalue weighted by Crippen LogP contribution is -2.35. The molecule has 0 fully saturated rings. The maximum atomic E-state index is 11.8. The molecule has 0 unspecified atom stereocenters. The van der Waals surface area contributed by atoms with Crippen LogP contribution in [-0.2, 0) is 9.53 Å². The molecule has 1 aromatic heterocycles. The zero-order valence-electron chi connectivity index (χ0n) is 11.4. The maximum Gasteiger partial charge on any atom is 0.408 e. The predicted octanol–water partition coefficient (Wildman–Crippen LogP) is 3.54. The fourth-order valence-corrected chi connectivity index (χ4v) is 2.18. The van der Waals surface area contributed by atoms with Crippen LogP contribution in [0.5, 0.6) is 0 Å². The van der Waals surface area contributed by atoms with E-state index < -0.39 is 17.7 Å². The minimum Gasteiger partial charge on any atom is -0.444 e. The third-order valence-corrected chi connectivity index (χ3v) is 2.86.